The van der Waals surface area contributed by atoms with Gasteiger partial charge in [0, 0.05) is 17.3 Å². The van der Waals surface area contributed by atoms with Gasteiger partial charge in [-0.2, -0.15) is 0 Å². The second-order valence-corrected chi connectivity index (χ2v) is 7.72. The van der Waals surface area contributed by atoms with Gasteiger partial charge in [0.25, 0.3) is 0 Å². The number of nitrogens with zero attached hydrogens (tertiary/aromatic N) is 1. The van der Waals surface area contributed by atoms with Crippen LogP contribution in [0.5, 0.6) is 0 Å². The van der Waals surface area contributed by atoms with Crippen molar-refractivity contribution in [3.05, 3.63) is 59.7 Å². The Hall–Kier alpha value is -2.27. The van der Waals surface area contributed by atoms with Crippen molar-refractivity contribution >= 4 is 35.0 Å². The van der Waals surface area contributed by atoms with Gasteiger partial charge in [-0.3, -0.25) is 14.5 Å². The lowest BCUT2D eigenvalue weighted by Crippen LogP contribution is -2.27. The molecule has 0 bridgehead atoms. The normalized spacial score (nSPS) is 20.0. The molecule has 1 aliphatic carbocycles. The maximum Gasteiger partial charge on any atom is 0.238 e. The smallest absolute Gasteiger partial charge is 0.238 e. The number of anilines is 2. The van der Waals surface area contributed by atoms with E-state index in [1.807, 2.05) is 60.4 Å². The van der Waals surface area contributed by atoms with Crippen molar-refractivity contribution in [2.75, 3.05) is 16.0 Å². The number of rotatable bonds is 4. The van der Waals surface area contributed by atoms with Gasteiger partial charge in [0.1, 0.15) is 5.37 Å². The fourth-order valence-electron chi connectivity index (χ4n) is 2.98. The molecule has 4 nitrogen and oxygen atoms in total. The monoisotopic (exact) mass is 352 g/mol. The first-order valence-electron chi connectivity index (χ1n) is 8.53. The molecule has 2 aromatic carbocycles. The Balaban J connectivity index is 1.54. The van der Waals surface area contributed by atoms with E-state index in [0.29, 0.717) is 5.75 Å². The molecule has 1 saturated carbocycles. The molecular formula is C20H20N2O2S. The summed E-state index contributed by atoms with van der Waals surface area (Å²) < 4.78 is 0. The van der Waals surface area contributed by atoms with Crippen molar-refractivity contribution in [2.24, 2.45) is 5.92 Å². The zero-order valence-electron chi connectivity index (χ0n) is 14.1. The molecule has 25 heavy (non-hydrogen) atoms. The molecule has 1 aliphatic heterocycles. The number of benzene rings is 2. The van der Waals surface area contributed by atoms with Crippen LogP contribution in [0.4, 0.5) is 11.4 Å². The van der Waals surface area contributed by atoms with Gasteiger partial charge in [-0.1, -0.05) is 29.8 Å². The molecule has 2 aliphatic rings. The summed E-state index contributed by atoms with van der Waals surface area (Å²) in [7, 11) is 0. The molecule has 1 atom stereocenters. The number of hydrogen-bond acceptors (Lipinski definition) is 3. The molecule has 5 heteroatoms. The highest BCUT2D eigenvalue weighted by atomic mass is 32.2. The summed E-state index contributed by atoms with van der Waals surface area (Å²) in [5.41, 5.74) is 3.99. The number of aryl methyl sites for hydroxylation is 1. The Morgan fingerprint density at radius 1 is 1.08 bits per heavy atom. The van der Waals surface area contributed by atoms with E-state index in [4.69, 9.17) is 0 Å². The molecule has 1 unspecified atom stereocenters. The Labute approximate surface area is 151 Å². The van der Waals surface area contributed by atoms with Crippen LogP contribution in [0.1, 0.15) is 29.3 Å². The molecule has 2 fully saturated rings. The number of amides is 2. The van der Waals surface area contributed by atoms with E-state index < -0.39 is 0 Å². The molecule has 0 spiro atoms. The van der Waals surface area contributed by atoms with Crippen LogP contribution in [0.3, 0.4) is 0 Å². The summed E-state index contributed by atoms with van der Waals surface area (Å²) >= 11 is 1.63. The Morgan fingerprint density at radius 3 is 2.40 bits per heavy atom. The maximum atomic E-state index is 12.4. The maximum absolute atomic E-state index is 12.4. The number of nitrogens with one attached hydrogen (secondary N) is 1. The highest BCUT2D eigenvalue weighted by Crippen LogP contribution is 2.42. The highest BCUT2D eigenvalue weighted by Gasteiger charge is 2.34. The van der Waals surface area contributed by atoms with Gasteiger partial charge in [-0.15, -0.1) is 11.8 Å². The van der Waals surface area contributed by atoms with E-state index in [9.17, 15) is 9.59 Å². The van der Waals surface area contributed by atoms with Crippen LogP contribution in [-0.4, -0.2) is 17.6 Å². The Bertz CT molecular complexity index is 797. The van der Waals surface area contributed by atoms with E-state index in [0.717, 1.165) is 29.8 Å². The van der Waals surface area contributed by atoms with Crippen molar-refractivity contribution in [3.8, 4) is 0 Å². The number of thioether (sulfide) groups is 1. The lowest BCUT2D eigenvalue weighted by atomic mass is 10.1. The summed E-state index contributed by atoms with van der Waals surface area (Å²) in [6.07, 6.45) is 1.99. The highest BCUT2D eigenvalue weighted by molar-refractivity contribution is 8.00. The molecule has 1 heterocycles. The van der Waals surface area contributed by atoms with Crippen molar-refractivity contribution in [1.82, 2.24) is 0 Å². The second-order valence-electron chi connectivity index (χ2n) is 6.65. The fourth-order valence-corrected chi connectivity index (χ4v) is 4.15. The molecule has 2 aromatic rings. The van der Waals surface area contributed by atoms with Gasteiger partial charge in [-0.25, -0.2) is 0 Å². The van der Waals surface area contributed by atoms with Crippen molar-refractivity contribution < 1.29 is 9.59 Å². The lowest BCUT2D eigenvalue weighted by Gasteiger charge is -2.24. The van der Waals surface area contributed by atoms with E-state index >= 15 is 0 Å². The topological polar surface area (TPSA) is 49.4 Å². The van der Waals surface area contributed by atoms with Gasteiger partial charge < -0.3 is 5.32 Å². The van der Waals surface area contributed by atoms with Crippen molar-refractivity contribution in [3.63, 3.8) is 0 Å². The summed E-state index contributed by atoms with van der Waals surface area (Å²) in [5, 5.41) is 2.93. The third-order valence-electron chi connectivity index (χ3n) is 4.59. The van der Waals surface area contributed by atoms with Crippen LogP contribution in [0.2, 0.25) is 0 Å². The third kappa shape index (κ3) is 3.42. The molecule has 0 aromatic heterocycles. The summed E-state index contributed by atoms with van der Waals surface area (Å²) in [6.45, 7) is 2.04. The minimum Gasteiger partial charge on any atom is -0.326 e. The van der Waals surface area contributed by atoms with Gasteiger partial charge in [0.15, 0.2) is 0 Å². The number of carbonyl (C=O) groups is 2. The van der Waals surface area contributed by atoms with Gasteiger partial charge in [-0.05, 0) is 49.6 Å². The van der Waals surface area contributed by atoms with Gasteiger partial charge in [0.2, 0.25) is 11.8 Å². The van der Waals surface area contributed by atoms with Crippen LogP contribution < -0.4 is 10.2 Å². The predicted molar refractivity (Wildman–Crippen MR) is 102 cm³/mol. The van der Waals surface area contributed by atoms with Crippen LogP contribution in [0.25, 0.3) is 0 Å². The largest absolute Gasteiger partial charge is 0.326 e. The summed E-state index contributed by atoms with van der Waals surface area (Å²) in [5.74, 6) is 0.919. The third-order valence-corrected chi connectivity index (χ3v) is 5.80. The molecule has 0 radical (unpaired) electrons. The minimum atomic E-state index is -0.0246. The van der Waals surface area contributed by atoms with Crippen LogP contribution in [-0.2, 0) is 9.59 Å². The van der Waals surface area contributed by atoms with Crippen molar-refractivity contribution in [2.45, 2.75) is 25.1 Å². The van der Waals surface area contributed by atoms with E-state index in [2.05, 4.69) is 5.32 Å². The van der Waals surface area contributed by atoms with Crippen LogP contribution in [0, 0.1) is 12.8 Å². The molecule has 1 saturated heterocycles. The second kappa shape index (κ2) is 6.56. The van der Waals surface area contributed by atoms with Gasteiger partial charge in [0.05, 0.1) is 5.75 Å². The first kappa shape index (κ1) is 16.2. The predicted octanol–water partition coefficient (Wildman–Crippen LogP) is 4.12. The zero-order chi connectivity index (χ0) is 17.4. The number of carbonyl (C=O) groups excluding carboxylic acids is 2. The first-order valence-corrected chi connectivity index (χ1v) is 9.58. The Kier molecular flexibility index (Phi) is 4.25. The van der Waals surface area contributed by atoms with Gasteiger partial charge >= 0.3 is 0 Å². The number of hydrogen-bond donors (Lipinski definition) is 1. The summed E-state index contributed by atoms with van der Waals surface area (Å²) in [4.78, 5) is 26.1. The average Bonchev–Trinajstić information content (AvgIpc) is 3.40. The lowest BCUT2D eigenvalue weighted by molar-refractivity contribution is -0.117. The quantitative estimate of drug-likeness (QED) is 0.900. The Morgan fingerprint density at radius 2 is 1.76 bits per heavy atom. The standard InChI is InChI=1S/C20H20N2O2S/c1-13-2-10-17(11-3-13)22-18(23)12-25-20(22)15-6-8-16(9-7-15)21-19(24)14-4-5-14/h2-3,6-11,14,20H,4-5,12H2,1H3,(H,21,24). The molecule has 128 valence electrons. The zero-order valence-corrected chi connectivity index (χ0v) is 14.9. The molecule has 1 N–H and O–H groups in total. The summed E-state index contributed by atoms with van der Waals surface area (Å²) in [6, 6.07) is 15.9. The molecule has 4 rings (SSSR count). The van der Waals surface area contributed by atoms with E-state index in [-0.39, 0.29) is 23.1 Å². The van der Waals surface area contributed by atoms with E-state index in [1.54, 1.807) is 11.8 Å². The SMILES string of the molecule is Cc1ccc(N2C(=O)CSC2c2ccc(NC(=O)C3CC3)cc2)cc1. The first-order chi connectivity index (χ1) is 12.1. The van der Waals surface area contributed by atoms with Crippen LogP contribution in [0.15, 0.2) is 48.5 Å². The van der Waals surface area contributed by atoms with Crippen LogP contribution >= 0.6 is 11.8 Å². The molecular weight excluding hydrogens is 332 g/mol. The minimum absolute atomic E-state index is 0.0246. The van der Waals surface area contributed by atoms with E-state index in [1.165, 1.54) is 5.56 Å². The molecule has 2 amide bonds. The van der Waals surface area contributed by atoms with Crippen molar-refractivity contribution in [1.29, 1.82) is 0 Å². The average molecular weight is 352 g/mol. The fraction of sp³-hybridized carbons (Fsp3) is 0.300.